The van der Waals surface area contributed by atoms with Gasteiger partial charge in [0.2, 0.25) is 11.7 Å². The number of thiazole rings is 1. The van der Waals surface area contributed by atoms with E-state index in [-0.39, 0.29) is 0 Å². The van der Waals surface area contributed by atoms with E-state index >= 15 is 0 Å². The summed E-state index contributed by atoms with van der Waals surface area (Å²) in [6.45, 7) is 4.83. The first-order valence-corrected chi connectivity index (χ1v) is 9.44. The highest BCUT2D eigenvalue weighted by atomic mass is 32.1. The Morgan fingerprint density at radius 1 is 1.21 bits per heavy atom. The smallest absolute Gasteiger partial charge is 0.246 e. The van der Waals surface area contributed by atoms with Crippen molar-refractivity contribution < 1.29 is 4.52 Å². The van der Waals surface area contributed by atoms with Crippen LogP contribution in [-0.2, 0) is 6.54 Å². The van der Waals surface area contributed by atoms with Crippen molar-refractivity contribution in [2.45, 2.75) is 26.3 Å². The molecule has 5 nitrogen and oxygen atoms in total. The zero-order chi connectivity index (χ0) is 16.5. The summed E-state index contributed by atoms with van der Waals surface area (Å²) in [5.41, 5.74) is 3.06. The van der Waals surface area contributed by atoms with E-state index in [4.69, 9.17) is 4.52 Å². The van der Waals surface area contributed by atoms with Crippen molar-refractivity contribution >= 4 is 38.6 Å². The molecule has 3 heterocycles. The Labute approximate surface area is 147 Å². The summed E-state index contributed by atoms with van der Waals surface area (Å²) in [6.07, 6.45) is 0. The molecule has 0 atom stereocenters. The Balaban J connectivity index is 1.48. The molecule has 0 amide bonds. The second-order valence-electron chi connectivity index (χ2n) is 5.77. The average Bonchev–Trinajstić information content (AvgIpc) is 3.30. The van der Waals surface area contributed by atoms with E-state index < -0.39 is 0 Å². The Bertz CT molecular complexity index is 956. The number of benzene rings is 1. The van der Waals surface area contributed by atoms with Crippen LogP contribution >= 0.6 is 22.7 Å². The molecule has 3 aromatic heterocycles. The number of aromatic nitrogens is 3. The fourth-order valence-corrected chi connectivity index (χ4v) is 3.96. The highest BCUT2D eigenvalue weighted by molar-refractivity contribution is 7.18. The molecule has 4 rings (SSSR count). The van der Waals surface area contributed by atoms with Gasteiger partial charge >= 0.3 is 0 Å². The van der Waals surface area contributed by atoms with Crippen LogP contribution in [0.25, 0.3) is 21.6 Å². The minimum Gasteiger partial charge on any atom is -0.376 e. The van der Waals surface area contributed by atoms with Gasteiger partial charge in [0.25, 0.3) is 0 Å². The van der Waals surface area contributed by atoms with Gasteiger partial charge in [-0.15, -0.1) is 11.3 Å². The lowest BCUT2D eigenvalue weighted by Crippen LogP contribution is -1.99. The molecule has 0 bridgehead atoms. The summed E-state index contributed by atoms with van der Waals surface area (Å²) in [6, 6.07) is 8.18. The van der Waals surface area contributed by atoms with E-state index in [0.717, 1.165) is 16.8 Å². The minimum atomic E-state index is 0.452. The van der Waals surface area contributed by atoms with Crippen molar-refractivity contribution in [2.75, 3.05) is 5.32 Å². The lowest BCUT2D eigenvalue weighted by Gasteiger charge is -2.02. The quantitative estimate of drug-likeness (QED) is 0.536. The van der Waals surface area contributed by atoms with Crippen LogP contribution in [-0.4, -0.2) is 15.1 Å². The number of nitrogens with zero attached hydrogens (tertiary/aromatic N) is 3. The molecule has 122 valence electrons. The van der Waals surface area contributed by atoms with Crippen molar-refractivity contribution in [1.29, 1.82) is 0 Å². The van der Waals surface area contributed by atoms with Crippen LogP contribution in [0, 0.1) is 0 Å². The van der Waals surface area contributed by atoms with Gasteiger partial charge in [-0.25, -0.2) is 4.98 Å². The summed E-state index contributed by atoms with van der Waals surface area (Å²) in [5, 5.41) is 12.5. The molecule has 0 spiro atoms. The van der Waals surface area contributed by atoms with Gasteiger partial charge in [-0.2, -0.15) is 16.3 Å². The number of hydrogen-bond acceptors (Lipinski definition) is 7. The van der Waals surface area contributed by atoms with Gasteiger partial charge in [0, 0.05) is 22.5 Å². The van der Waals surface area contributed by atoms with E-state index in [9.17, 15) is 0 Å². The topological polar surface area (TPSA) is 63.8 Å². The van der Waals surface area contributed by atoms with Crippen LogP contribution in [0.15, 0.2) is 39.5 Å². The van der Waals surface area contributed by atoms with Crippen molar-refractivity contribution in [3.63, 3.8) is 0 Å². The number of thiophene rings is 1. The van der Waals surface area contributed by atoms with E-state index in [1.165, 1.54) is 9.71 Å². The van der Waals surface area contributed by atoms with Crippen LogP contribution in [0.2, 0.25) is 0 Å². The van der Waals surface area contributed by atoms with Crippen molar-refractivity contribution in [3.05, 3.63) is 45.9 Å². The number of hydrogen-bond donors (Lipinski definition) is 1. The molecule has 1 aromatic carbocycles. The first-order chi connectivity index (χ1) is 11.7. The molecule has 7 heteroatoms. The van der Waals surface area contributed by atoms with Gasteiger partial charge in [0.1, 0.15) is 0 Å². The molecule has 0 fully saturated rings. The van der Waals surface area contributed by atoms with Gasteiger partial charge in [-0.3, -0.25) is 0 Å². The highest BCUT2D eigenvalue weighted by Crippen LogP contribution is 2.29. The molecule has 0 saturated heterocycles. The third kappa shape index (κ3) is 3.05. The molecular formula is C17H16N4OS2. The molecule has 24 heavy (non-hydrogen) atoms. The first-order valence-electron chi connectivity index (χ1n) is 7.68. The standard InChI is InChI=1S/C17H16N4OS2/c1-10(2)17-19-13-4-3-12(7-14(13)24-17)18-8-15-20-16(21-22-15)11-5-6-23-9-11/h3-7,9-10,18H,8H2,1-2H3. The average molecular weight is 356 g/mol. The normalized spacial score (nSPS) is 11.5. The maximum atomic E-state index is 5.30. The summed E-state index contributed by atoms with van der Waals surface area (Å²) in [5.74, 6) is 1.66. The molecule has 0 unspecified atom stereocenters. The summed E-state index contributed by atoms with van der Waals surface area (Å²) in [7, 11) is 0. The SMILES string of the molecule is CC(C)c1nc2ccc(NCc3nc(-c4ccsc4)no3)cc2s1. The largest absolute Gasteiger partial charge is 0.376 e. The predicted octanol–water partition coefficient (Wildman–Crippen LogP) is 5.14. The van der Waals surface area contributed by atoms with Gasteiger partial charge < -0.3 is 9.84 Å². The molecule has 0 aliphatic rings. The molecule has 0 radical (unpaired) electrons. The predicted molar refractivity (Wildman–Crippen MR) is 98.6 cm³/mol. The maximum Gasteiger partial charge on any atom is 0.246 e. The first kappa shape index (κ1) is 15.3. The van der Waals surface area contributed by atoms with Gasteiger partial charge in [-0.1, -0.05) is 19.0 Å². The second kappa shape index (κ2) is 6.33. The summed E-state index contributed by atoms with van der Waals surface area (Å²) < 4.78 is 6.49. The Morgan fingerprint density at radius 3 is 2.92 bits per heavy atom. The van der Waals surface area contributed by atoms with Crippen LogP contribution in [0.1, 0.15) is 30.7 Å². The number of fused-ring (bicyclic) bond motifs is 1. The van der Waals surface area contributed by atoms with E-state index in [1.807, 2.05) is 29.0 Å². The van der Waals surface area contributed by atoms with Crippen LogP contribution in [0.5, 0.6) is 0 Å². The number of nitrogens with one attached hydrogen (secondary N) is 1. The lowest BCUT2D eigenvalue weighted by molar-refractivity contribution is 0.384. The Hall–Kier alpha value is -2.25. The van der Waals surface area contributed by atoms with Crippen molar-refractivity contribution in [1.82, 2.24) is 15.1 Å². The van der Waals surface area contributed by atoms with Crippen LogP contribution in [0.4, 0.5) is 5.69 Å². The fourth-order valence-electron chi connectivity index (χ4n) is 2.31. The van der Waals surface area contributed by atoms with Gasteiger partial charge in [-0.05, 0) is 29.6 Å². The zero-order valence-corrected chi connectivity index (χ0v) is 14.9. The summed E-state index contributed by atoms with van der Waals surface area (Å²) in [4.78, 5) is 9.07. The third-order valence-corrected chi connectivity index (χ3v) is 5.59. The maximum absolute atomic E-state index is 5.30. The number of rotatable bonds is 5. The highest BCUT2D eigenvalue weighted by Gasteiger charge is 2.10. The second-order valence-corrected chi connectivity index (χ2v) is 7.61. The lowest BCUT2D eigenvalue weighted by atomic mass is 10.2. The molecule has 0 aliphatic heterocycles. The van der Waals surface area contributed by atoms with Gasteiger partial charge in [0.05, 0.1) is 21.8 Å². The molecule has 0 saturated carbocycles. The van der Waals surface area contributed by atoms with E-state index in [1.54, 1.807) is 22.7 Å². The number of anilines is 1. The zero-order valence-electron chi connectivity index (χ0n) is 13.3. The monoisotopic (exact) mass is 356 g/mol. The fraction of sp³-hybridized carbons (Fsp3) is 0.235. The van der Waals surface area contributed by atoms with Crippen molar-refractivity contribution in [2.24, 2.45) is 0 Å². The van der Waals surface area contributed by atoms with E-state index in [0.29, 0.717) is 24.2 Å². The molecule has 1 N–H and O–H groups in total. The Kier molecular flexibility index (Phi) is 4.03. The molecule has 0 aliphatic carbocycles. The Morgan fingerprint density at radius 2 is 2.12 bits per heavy atom. The molecular weight excluding hydrogens is 340 g/mol. The van der Waals surface area contributed by atoms with E-state index in [2.05, 4.69) is 40.4 Å². The van der Waals surface area contributed by atoms with Gasteiger partial charge in [0.15, 0.2) is 0 Å². The summed E-state index contributed by atoms with van der Waals surface area (Å²) >= 11 is 3.36. The molecule has 4 aromatic rings. The van der Waals surface area contributed by atoms with Crippen LogP contribution < -0.4 is 5.32 Å². The van der Waals surface area contributed by atoms with Crippen LogP contribution in [0.3, 0.4) is 0 Å². The van der Waals surface area contributed by atoms with Crippen molar-refractivity contribution in [3.8, 4) is 11.4 Å². The third-order valence-electron chi connectivity index (χ3n) is 3.59. The minimum absolute atomic E-state index is 0.452.